The third kappa shape index (κ3) is 5.74. The lowest BCUT2D eigenvalue weighted by molar-refractivity contribution is -0.139. The fraction of sp³-hybridized carbons (Fsp3) is 0.529. The number of hydrogen-bond donors (Lipinski definition) is 2. The predicted octanol–water partition coefficient (Wildman–Crippen LogP) is 2.23. The summed E-state index contributed by atoms with van der Waals surface area (Å²) in [6, 6.07) is 2.06. The molecule has 8 heteroatoms. The molecule has 0 saturated heterocycles. The van der Waals surface area contributed by atoms with Crippen LogP contribution in [0.5, 0.6) is 17.2 Å². The van der Waals surface area contributed by atoms with E-state index >= 15 is 0 Å². The highest BCUT2D eigenvalue weighted by Crippen LogP contribution is 2.38. The zero-order valence-electron chi connectivity index (χ0n) is 15.3. The van der Waals surface area contributed by atoms with E-state index in [0.717, 1.165) is 0 Å². The summed E-state index contributed by atoms with van der Waals surface area (Å²) in [4.78, 5) is 23.5. The molecule has 1 aromatic rings. The van der Waals surface area contributed by atoms with Crippen molar-refractivity contribution >= 4 is 12.1 Å². The first-order valence-corrected chi connectivity index (χ1v) is 7.63. The molecule has 1 aromatic carbocycles. The van der Waals surface area contributed by atoms with E-state index in [4.69, 9.17) is 18.9 Å². The topological polar surface area (TPSA) is 103 Å². The van der Waals surface area contributed by atoms with E-state index in [-0.39, 0.29) is 6.42 Å². The zero-order valence-corrected chi connectivity index (χ0v) is 15.3. The number of carboxylic acid groups (broad SMARTS) is 1. The van der Waals surface area contributed by atoms with E-state index in [9.17, 15) is 14.7 Å². The van der Waals surface area contributed by atoms with E-state index in [1.54, 1.807) is 32.9 Å². The largest absolute Gasteiger partial charge is 0.496 e. The highest BCUT2D eigenvalue weighted by atomic mass is 16.6. The molecule has 0 aliphatic rings. The van der Waals surface area contributed by atoms with E-state index in [2.05, 4.69) is 5.32 Å². The normalized spacial score (nSPS) is 12.1. The first kappa shape index (κ1) is 20.4. The first-order chi connectivity index (χ1) is 11.6. The molecule has 1 unspecified atom stereocenters. The van der Waals surface area contributed by atoms with Gasteiger partial charge in [-0.25, -0.2) is 9.59 Å². The molecule has 1 rings (SSSR count). The minimum atomic E-state index is -1.23. The van der Waals surface area contributed by atoms with Gasteiger partial charge >= 0.3 is 12.1 Å². The zero-order chi connectivity index (χ0) is 19.2. The van der Waals surface area contributed by atoms with Crippen LogP contribution in [-0.2, 0) is 16.0 Å². The fourth-order valence-electron chi connectivity index (χ4n) is 2.21. The summed E-state index contributed by atoms with van der Waals surface area (Å²) in [7, 11) is 4.38. The van der Waals surface area contributed by atoms with Gasteiger partial charge in [-0.3, -0.25) is 0 Å². The summed E-state index contributed by atoms with van der Waals surface area (Å²) in [5.41, 5.74) is -0.272. The quantitative estimate of drug-likeness (QED) is 0.773. The number of hydrogen-bond acceptors (Lipinski definition) is 6. The van der Waals surface area contributed by atoms with Crippen molar-refractivity contribution in [1.29, 1.82) is 0 Å². The van der Waals surface area contributed by atoms with Crippen molar-refractivity contribution in [2.75, 3.05) is 21.3 Å². The molecule has 8 nitrogen and oxygen atoms in total. The molecular weight excluding hydrogens is 330 g/mol. The Morgan fingerprint density at radius 3 is 2.08 bits per heavy atom. The summed E-state index contributed by atoms with van der Waals surface area (Å²) in [5.74, 6) is -0.00790. The van der Waals surface area contributed by atoms with Gasteiger partial charge in [-0.1, -0.05) is 0 Å². The van der Waals surface area contributed by atoms with Crippen molar-refractivity contribution < 1.29 is 33.6 Å². The van der Waals surface area contributed by atoms with Crippen LogP contribution in [0.3, 0.4) is 0 Å². The van der Waals surface area contributed by atoms with Crippen LogP contribution >= 0.6 is 0 Å². The van der Waals surface area contributed by atoms with E-state index in [0.29, 0.717) is 22.8 Å². The summed E-state index contributed by atoms with van der Waals surface area (Å²) in [6.07, 6.45) is -0.890. The van der Waals surface area contributed by atoms with Crippen LogP contribution in [0, 0.1) is 0 Å². The van der Waals surface area contributed by atoms with Crippen molar-refractivity contribution in [3.05, 3.63) is 17.7 Å². The molecule has 0 aromatic heterocycles. The summed E-state index contributed by atoms with van der Waals surface area (Å²) < 4.78 is 21.0. The minimum absolute atomic E-state index is 0.0713. The summed E-state index contributed by atoms with van der Waals surface area (Å²) in [5, 5.41) is 11.8. The maximum Gasteiger partial charge on any atom is 0.408 e. The molecule has 0 bridgehead atoms. The molecule has 0 saturated carbocycles. The molecule has 140 valence electrons. The number of nitrogens with one attached hydrogen (secondary N) is 1. The van der Waals surface area contributed by atoms with Gasteiger partial charge in [0.2, 0.25) is 0 Å². The van der Waals surface area contributed by atoms with Crippen LogP contribution in [0.4, 0.5) is 4.79 Å². The number of carbonyl (C=O) groups excluding carboxylic acids is 1. The number of ether oxygens (including phenoxy) is 4. The van der Waals surface area contributed by atoms with Crippen molar-refractivity contribution in [2.45, 2.75) is 38.8 Å². The van der Waals surface area contributed by atoms with Gasteiger partial charge in [0.1, 0.15) is 17.4 Å². The Labute approximate surface area is 147 Å². The molecular formula is C17H25NO7. The molecule has 0 aliphatic carbocycles. The maximum atomic E-state index is 11.9. The Balaban J connectivity index is 3.13. The Kier molecular flexibility index (Phi) is 6.90. The second-order valence-electron chi connectivity index (χ2n) is 6.22. The van der Waals surface area contributed by atoms with Crippen molar-refractivity contribution in [3.63, 3.8) is 0 Å². The van der Waals surface area contributed by atoms with Gasteiger partial charge in [0, 0.05) is 12.0 Å². The van der Waals surface area contributed by atoms with E-state index in [1.807, 2.05) is 0 Å². The number of carboxylic acids is 1. The maximum absolute atomic E-state index is 11.9. The Morgan fingerprint density at radius 2 is 1.64 bits per heavy atom. The minimum Gasteiger partial charge on any atom is -0.496 e. The van der Waals surface area contributed by atoms with Crippen LogP contribution < -0.4 is 19.5 Å². The van der Waals surface area contributed by atoms with E-state index < -0.39 is 23.7 Å². The van der Waals surface area contributed by atoms with Gasteiger partial charge in [0.05, 0.1) is 21.3 Å². The third-order valence-corrected chi connectivity index (χ3v) is 3.22. The Hall–Kier alpha value is -2.64. The van der Waals surface area contributed by atoms with Gasteiger partial charge in [-0.05, 0) is 32.9 Å². The summed E-state index contributed by atoms with van der Waals surface area (Å²) >= 11 is 0. The standard InChI is InChI=1S/C17H25NO7/c1-17(2,3)25-16(21)18-11(15(19)20)9-10-12(22-4)7-8-13(23-5)14(10)24-6/h7-8,11H,9H2,1-6H3,(H,18,21)(H,19,20). The number of benzene rings is 1. The van der Waals surface area contributed by atoms with Gasteiger partial charge in [0.25, 0.3) is 0 Å². The third-order valence-electron chi connectivity index (χ3n) is 3.22. The predicted molar refractivity (Wildman–Crippen MR) is 90.6 cm³/mol. The number of alkyl carbamates (subject to hydrolysis) is 1. The lowest BCUT2D eigenvalue weighted by Gasteiger charge is -2.23. The van der Waals surface area contributed by atoms with E-state index in [1.165, 1.54) is 21.3 Å². The molecule has 0 aliphatic heterocycles. The number of rotatable bonds is 7. The van der Waals surface area contributed by atoms with Gasteiger partial charge in [-0.2, -0.15) is 0 Å². The molecule has 1 amide bonds. The first-order valence-electron chi connectivity index (χ1n) is 7.63. The van der Waals surface area contributed by atoms with Crippen LogP contribution in [-0.4, -0.2) is 50.1 Å². The van der Waals surface area contributed by atoms with Gasteiger partial charge in [-0.15, -0.1) is 0 Å². The summed E-state index contributed by atoms with van der Waals surface area (Å²) in [6.45, 7) is 5.07. The molecule has 0 heterocycles. The Morgan fingerprint density at radius 1 is 1.08 bits per heavy atom. The molecule has 1 atom stereocenters. The number of methoxy groups -OCH3 is 3. The smallest absolute Gasteiger partial charge is 0.408 e. The van der Waals surface area contributed by atoms with Crippen molar-refractivity contribution in [1.82, 2.24) is 5.32 Å². The number of carbonyl (C=O) groups is 2. The lowest BCUT2D eigenvalue weighted by atomic mass is 10.0. The van der Waals surface area contributed by atoms with Gasteiger partial charge in [0.15, 0.2) is 11.5 Å². The average Bonchev–Trinajstić information content (AvgIpc) is 2.51. The molecule has 0 radical (unpaired) electrons. The monoisotopic (exact) mass is 355 g/mol. The second kappa shape index (κ2) is 8.46. The number of amides is 1. The highest BCUT2D eigenvalue weighted by molar-refractivity contribution is 5.80. The second-order valence-corrected chi connectivity index (χ2v) is 6.22. The molecule has 0 spiro atoms. The van der Waals surface area contributed by atoms with Crippen molar-refractivity contribution in [2.24, 2.45) is 0 Å². The molecule has 0 fully saturated rings. The van der Waals surface area contributed by atoms with Crippen LogP contribution in [0.25, 0.3) is 0 Å². The van der Waals surface area contributed by atoms with Gasteiger partial charge < -0.3 is 29.4 Å². The lowest BCUT2D eigenvalue weighted by Crippen LogP contribution is -2.44. The van der Waals surface area contributed by atoms with Crippen LogP contribution in [0.15, 0.2) is 12.1 Å². The Bertz CT molecular complexity index is 622. The SMILES string of the molecule is COc1ccc(OC)c(OC)c1CC(NC(=O)OC(C)(C)C)C(=O)O. The van der Waals surface area contributed by atoms with Crippen LogP contribution in [0.2, 0.25) is 0 Å². The van der Waals surface area contributed by atoms with Crippen LogP contribution in [0.1, 0.15) is 26.3 Å². The molecule has 25 heavy (non-hydrogen) atoms. The van der Waals surface area contributed by atoms with Crippen molar-refractivity contribution in [3.8, 4) is 17.2 Å². The molecule has 2 N–H and O–H groups in total. The number of aliphatic carboxylic acids is 1. The average molecular weight is 355 g/mol. The highest BCUT2D eigenvalue weighted by Gasteiger charge is 2.27. The fourth-order valence-corrected chi connectivity index (χ4v) is 2.21.